The van der Waals surface area contributed by atoms with Crippen molar-refractivity contribution in [2.45, 2.75) is 6.54 Å². The quantitative estimate of drug-likeness (QED) is 0.857. The summed E-state index contributed by atoms with van der Waals surface area (Å²) in [6, 6.07) is 15.0. The Morgan fingerprint density at radius 1 is 1.15 bits per heavy atom. The zero-order valence-electron chi connectivity index (χ0n) is 10.7. The molecule has 0 aliphatic rings. The summed E-state index contributed by atoms with van der Waals surface area (Å²) in [6.07, 6.45) is 0. The van der Waals surface area contributed by atoms with E-state index in [0.29, 0.717) is 11.6 Å². The summed E-state index contributed by atoms with van der Waals surface area (Å²) in [5, 5.41) is 6.60. The molecule has 20 heavy (non-hydrogen) atoms. The number of benzene rings is 2. The van der Waals surface area contributed by atoms with Crippen molar-refractivity contribution in [1.82, 2.24) is 5.32 Å². The molecule has 2 aromatic rings. The Morgan fingerprint density at radius 2 is 1.90 bits per heavy atom. The number of carbonyl (C=O) groups is 1. The maximum absolute atomic E-state index is 11.7. The molecule has 0 saturated heterocycles. The second-order valence-electron chi connectivity index (χ2n) is 4.29. The van der Waals surface area contributed by atoms with Gasteiger partial charge in [-0.3, -0.25) is 4.79 Å². The standard InChI is InChI=1S/C15H14BrClN2O/c16-12-4-6-14(7-5-12)19-15(20)10-18-9-11-2-1-3-13(17)8-11/h1-8,18H,9-10H2,(H,19,20). The normalized spacial score (nSPS) is 10.3. The average molecular weight is 354 g/mol. The van der Waals surface area contributed by atoms with Crippen molar-refractivity contribution in [1.29, 1.82) is 0 Å². The summed E-state index contributed by atoms with van der Waals surface area (Å²) < 4.78 is 0.981. The maximum Gasteiger partial charge on any atom is 0.238 e. The number of amides is 1. The van der Waals surface area contributed by atoms with E-state index < -0.39 is 0 Å². The first-order chi connectivity index (χ1) is 9.63. The SMILES string of the molecule is O=C(CNCc1cccc(Cl)c1)Nc1ccc(Br)cc1. The lowest BCUT2D eigenvalue weighted by Gasteiger charge is -2.07. The van der Waals surface area contributed by atoms with Gasteiger partial charge in [-0.15, -0.1) is 0 Å². The van der Waals surface area contributed by atoms with Crippen LogP contribution >= 0.6 is 27.5 Å². The molecule has 1 amide bonds. The number of nitrogens with one attached hydrogen (secondary N) is 2. The smallest absolute Gasteiger partial charge is 0.238 e. The summed E-state index contributed by atoms with van der Waals surface area (Å²) in [7, 11) is 0. The van der Waals surface area contributed by atoms with Crippen LogP contribution in [0.5, 0.6) is 0 Å². The van der Waals surface area contributed by atoms with E-state index in [0.717, 1.165) is 15.7 Å². The van der Waals surface area contributed by atoms with Gasteiger partial charge in [0, 0.05) is 21.7 Å². The molecule has 3 nitrogen and oxygen atoms in total. The second kappa shape index (κ2) is 7.43. The monoisotopic (exact) mass is 352 g/mol. The minimum Gasteiger partial charge on any atom is -0.325 e. The van der Waals surface area contributed by atoms with Gasteiger partial charge in [-0.25, -0.2) is 0 Å². The number of carbonyl (C=O) groups excluding carboxylic acids is 1. The van der Waals surface area contributed by atoms with Crippen molar-refractivity contribution in [3.05, 3.63) is 63.6 Å². The second-order valence-corrected chi connectivity index (χ2v) is 5.64. The van der Waals surface area contributed by atoms with Gasteiger partial charge in [0.25, 0.3) is 0 Å². The largest absolute Gasteiger partial charge is 0.325 e. The van der Waals surface area contributed by atoms with Crippen LogP contribution < -0.4 is 10.6 Å². The van der Waals surface area contributed by atoms with Crippen molar-refractivity contribution in [3.8, 4) is 0 Å². The molecule has 104 valence electrons. The minimum absolute atomic E-state index is 0.0747. The van der Waals surface area contributed by atoms with Gasteiger partial charge in [0.05, 0.1) is 6.54 Å². The zero-order chi connectivity index (χ0) is 14.4. The van der Waals surface area contributed by atoms with E-state index in [1.54, 1.807) is 0 Å². The van der Waals surface area contributed by atoms with Crippen LogP contribution in [0.25, 0.3) is 0 Å². The molecule has 5 heteroatoms. The Labute approximate surface area is 131 Å². The summed E-state index contributed by atoms with van der Waals surface area (Å²) in [4.78, 5) is 11.7. The van der Waals surface area contributed by atoms with Gasteiger partial charge in [-0.2, -0.15) is 0 Å². The predicted octanol–water partition coefficient (Wildman–Crippen LogP) is 3.83. The van der Waals surface area contributed by atoms with E-state index in [2.05, 4.69) is 26.6 Å². The van der Waals surface area contributed by atoms with Gasteiger partial charge in [0.15, 0.2) is 0 Å². The van der Waals surface area contributed by atoms with Crippen molar-refractivity contribution >= 4 is 39.1 Å². The highest BCUT2D eigenvalue weighted by Gasteiger charge is 2.02. The number of hydrogen-bond acceptors (Lipinski definition) is 2. The number of hydrogen-bond donors (Lipinski definition) is 2. The number of rotatable bonds is 5. The highest BCUT2D eigenvalue weighted by Crippen LogP contribution is 2.14. The molecule has 0 atom stereocenters. The molecule has 2 N–H and O–H groups in total. The summed E-state index contributed by atoms with van der Waals surface area (Å²) in [5.41, 5.74) is 1.83. The van der Waals surface area contributed by atoms with Crippen LogP contribution in [0.15, 0.2) is 53.0 Å². The molecule has 2 aromatic carbocycles. The Morgan fingerprint density at radius 3 is 2.60 bits per heavy atom. The Hall–Kier alpha value is -1.36. The first-order valence-corrected chi connectivity index (χ1v) is 7.31. The fourth-order valence-electron chi connectivity index (χ4n) is 1.71. The number of halogens is 2. The fourth-order valence-corrected chi connectivity index (χ4v) is 2.18. The third-order valence-corrected chi connectivity index (χ3v) is 3.40. The molecule has 0 heterocycles. The van der Waals surface area contributed by atoms with Crippen molar-refractivity contribution in [3.63, 3.8) is 0 Å². The first-order valence-electron chi connectivity index (χ1n) is 6.14. The van der Waals surface area contributed by atoms with Gasteiger partial charge in [0.2, 0.25) is 5.91 Å². The van der Waals surface area contributed by atoms with Crippen molar-refractivity contribution < 1.29 is 4.79 Å². The number of anilines is 1. The topological polar surface area (TPSA) is 41.1 Å². The van der Waals surface area contributed by atoms with Crippen LogP contribution in [0.3, 0.4) is 0 Å². The zero-order valence-corrected chi connectivity index (χ0v) is 13.0. The molecule has 0 aliphatic carbocycles. The molecule has 0 fully saturated rings. The Bertz CT molecular complexity index is 587. The molecule has 0 aliphatic heterocycles. The third kappa shape index (κ3) is 4.96. The van der Waals surface area contributed by atoms with E-state index in [1.807, 2.05) is 48.5 Å². The van der Waals surface area contributed by atoms with Gasteiger partial charge in [0.1, 0.15) is 0 Å². The molecular weight excluding hydrogens is 340 g/mol. The van der Waals surface area contributed by atoms with E-state index in [1.165, 1.54) is 0 Å². The van der Waals surface area contributed by atoms with Crippen molar-refractivity contribution in [2.24, 2.45) is 0 Å². The lowest BCUT2D eigenvalue weighted by atomic mass is 10.2. The first kappa shape index (κ1) is 15.0. The van der Waals surface area contributed by atoms with Crippen molar-refractivity contribution in [2.75, 3.05) is 11.9 Å². The van der Waals surface area contributed by atoms with E-state index >= 15 is 0 Å². The maximum atomic E-state index is 11.7. The van der Waals surface area contributed by atoms with Crippen LogP contribution in [0, 0.1) is 0 Å². The third-order valence-electron chi connectivity index (χ3n) is 2.63. The lowest BCUT2D eigenvalue weighted by Crippen LogP contribution is -2.27. The van der Waals surface area contributed by atoms with Gasteiger partial charge < -0.3 is 10.6 Å². The summed E-state index contributed by atoms with van der Waals surface area (Å²) >= 11 is 9.24. The summed E-state index contributed by atoms with van der Waals surface area (Å²) in [5.74, 6) is -0.0747. The fraction of sp³-hybridized carbons (Fsp3) is 0.133. The average Bonchev–Trinajstić information content (AvgIpc) is 2.41. The Kier molecular flexibility index (Phi) is 5.59. The van der Waals surface area contributed by atoms with Crippen LogP contribution in [0.2, 0.25) is 5.02 Å². The van der Waals surface area contributed by atoms with Gasteiger partial charge in [-0.1, -0.05) is 39.7 Å². The predicted molar refractivity (Wildman–Crippen MR) is 85.9 cm³/mol. The van der Waals surface area contributed by atoms with Crippen LogP contribution in [0.1, 0.15) is 5.56 Å². The minimum atomic E-state index is -0.0747. The molecule has 0 saturated carbocycles. The van der Waals surface area contributed by atoms with Crippen LogP contribution in [0.4, 0.5) is 5.69 Å². The highest BCUT2D eigenvalue weighted by molar-refractivity contribution is 9.10. The molecule has 0 radical (unpaired) electrons. The molecule has 0 unspecified atom stereocenters. The molecule has 0 spiro atoms. The molecular formula is C15H14BrClN2O. The van der Waals surface area contributed by atoms with Gasteiger partial charge >= 0.3 is 0 Å². The van der Waals surface area contributed by atoms with Gasteiger partial charge in [-0.05, 0) is 42.0 Å². The highest BCUT2D eigenvalue weighted by atomic mass is 79.9. The lowest BCUT2D eigenvalue weighted by molar-refractivity contribution is -0.115. The van der Waals surface area contributed by atoms with Crippen LogP contribution in [-0.4, -0.2) is 12.5 Å². The Balaban J connectivity index is 1.76. The van der Waals surface area contributed by atoms with Crippen LogP contribution in [-0.2, 0) is 11.3 Å². The van der Waals surface area contributed by atoms with E-state index in [4.69, 9.17) is 11.6 Å². The molecule has 0 aromatic heterocycles. The summed E-state index contributed by atoms with van der Waals surface area (Å²) in [6.45, 7) is 0.858. The molecule has 2 rings (SSSR count). The molecule has 0 bridgehead atoms. The van der Waals surface area contributed by atoms with E-state index in [-0.39, 0.29) is 12.5 Å². The van der Waals surface area contributed by atoms with E-state index in [9.17, 15) is 4.79 Å².